The monoisotopic (exact) mass is 333 g/mol. The van der Waals surface area contributed by atoms with Crippen LogP contribution in [0.2, 0.25) is 0 Å². The first-order valence-electron chi connectivity index (χ1n) is 7.02. The lowest BCUT2D eigenvalue weighted by molar-refractivity contribution is -0.385. The maximum absolute atomic E-state index is 13.5. The van der Waals surface area contributed by atoms with Gasteiger partial charge in [-0.2, -0.15) is 0 Å². The summed E-state index contributed by atoms with van der Waals surface area (Å²) in [6, 6.07) is 7.64. The zero-order chi connectivity index (χ0) is 17.9. The number of hydrogen-bond donors (Lipinski definition) is 2. The van der Waals surface area contributed by atoms with E-state index in [1.165, 1.54) is 43.5 Å². The Hall–Kier alpha value is -3.16. The summed E-state index contributed by atoms with van der Waals surface area (Å²) in [5.74, 6) is -1.17. The summed E-state index contributed by atoms with van der Waals surface area (Å²) in [5.41, 5.74) is 5.71. The number of methoxy groups -OCH3 is 1. The summed E-state index contributed by atoms with van der Waals surface area (Å²) < 4.78 is 18.3. The summed E-state index contributed by atoms with van der Waals surface area (Å²) in [6.45, 7) is 1.66. The molecule has 1 atom stereocenters. The number of carbonyl (C=O) groups is 1. The maximum Gasteiger partial charge on any atom is 0.284 e. The van der Waals surface area contributed by atoms with Gasteiger partial charge < -0.3 is 15.8 Å². The molecule has 0 aromatic heterocycles. The first-order valence-corrected chi connectivity index (χ1v) is 7.02. The van der Waals surface area contributed by atoms with E-state index in [2.05, 4.69) is 5.32 Å². The van der Waals surface area contributed by atoms with Crippen molar-refractivity contribution in [2.45, 2.75) is 13.0 Å². The molecule has 0 aliphatic rings. The Morgan fingerprint density at radius 1 is 1.38 bits per heavy atom. The molecule has 126 valence electrons. The van der Waals surface area contributed by atoms with E-state index in [9.17, 15) is 19.3 Å². The minimum atomic E-state index is -0.685. The molecule has 0 bridgehead atoms. The van der Waals surface area contributed by atoms with E-state index in [0.717, 1.165) is 0 Å². The van der Waals surface area contributed by atoms with Crippen molar-refractivity contribution in [3.05, 3.63) is 63.5 Å². The smallest absolute Gasteiger partial charge is 0.284 e. The van der Waals surface area contributed by atoms with Crippen LogP contribution in [0.4, 0.5) is 15.8 Å². The Bertz CT molecular complexity index is 795. The van der Waals surface area contributed by atoms with Crippen molar-refractivity contribution in [1.29, 1.82) is 0 Å². The number of hydrogen-bond acceptors (Lipinski definition) is 5. The Labute approximate surface area is 137 Å². The molecule has 0 aliphatic heterocycles. The maximum atomic E-state index is 13.5. The molecular formula is C16H16FN3O4. The van der Waals surface area contributed by atoms with E-state index in [4.69, 9.17) is 10.5 Å². The van der Waals surface area contributed by atoms with Crippen molar-refractivity contribution >= 4 is 17.3 Å². The predicted molar refractivity (Wildman–Crippen MR) is 86.3 cm³/mol. The predicted octanol–water partition coefficient (Wildman–Crippen LogP) is 2.82. The van der Waals surface area contributed by atoms with E-state index in [1.54, 1.807) is 6.92 Å². The van der Waals surface area contributed by atoms with Crippen LogP contribution in [0.3, 0.4) is 0 Å². The lowest BCUT2D eigenvalue weighted by Gasteiger charge is -2.16. The fraction of sp³-hybridized carbons (Fsp3) is 0.188. The Balaban J connectivity index is 2.29. The molecule has 0 heterocycles. The number of ether oxygens (including phenoxy) is 1. The largest absolute Gasteiger partial charge is 0.494 e. The lowest BCUT2D eigenvalue weighted by atomic mass is 10.1. The van der Waals surface area contributed by atoms with Gasteiger partial charge in [0.15, 0.2) is 11.6 Å². The second kappa shape index (κ2) is 6.95. The first kappa shape index (κ1) is 17.2. The normalized spacial score (nSPS) is 11.6. The summed E-state index contributed by atoms with van der Waals surface area (Å²) >= 11 is 0. The van der Waals surface area contributed by atoms with Crippen LogP contribution >= 0.6 is 0 Å². The van der Waals surface area contributed by atoms with Gasteiger partial charge in [0.05, 0.1) is 23.8 Å². The van der Waals surface area contributed by atoms with Gasteiger partial charge in [-0.15, -0.1) is 0 Å². The number of amides is 1. The fourth-order valence-corrected chi connectivity index (χ4v) is 2.25. The van der Waals surface area contributed by atoms with Crippen LogP contribution in [0.5, 0.6) is 5.75 Å². The highest BCUT2D eigenvalue weighted by Gasteiger charge is 2.24. The van der Waals surface area contributed by atoms with E-state index in [-0.39, 0.29) is 22.7 Å². The number of halogens is 1. The Morgan fingerprint density at radius 3 is 2.71 bits per heavy atom. The SMILES string of the molecule is COc1cc([C@@H](C)NC(=O)c2c(N)cccc2[N+](=O)[O-])ccc1F. The summed E-state index contributed by atoms with van der Waals surface area (Å²) in [6.07, 6.45) is 0. The molecule has 0 spiro atoms. The highest BCUT2D eigenvalue weighted by molar-refractivity contribution is 6.03. The standard InChI is InChI=1S/C16H16FN3O4/c1-9(10-6-7-11(17)14(8-10)24-2)19-16(21)15-12(18)4-3-5-13(15)20(22)23/h3-9H,18H2,1-2H3,(H,19,21)/t9-/m1/s1. The molecule has 0 saturated carbocycles. The number of nitro benzene ring substituents is 1. The van der Waals surface area contributed by atoms with Gasteiger partial charge in [-0.05, 0) is 30.7 Å². The second-order valence-electron chi connectivity index (χ2n) is 5.09. The van der Waals surface area contributed by atoms with Crippen molar-refractivity contribution < 1.29 is 18.8 Å². The molecule has 0 radical (unpaired) electrons. The highest BCUT2D eigenvalue weighted by Crippen LogP contribution is 2.26. The van der Waals surface area contributed by atoms with Gasteiger partial charge in [0.25, 0.3) is 11.6 Å². The van der Waals surface area contributed by atoms with Gasteiger partial charge in [-0.25, -0.2) is 4.39 Å². The van der Waals surface area contributed by atoms with Crippen LogP contribution in [0.15, 0.2) is 36.4 Å². The van der Waals surface area contributed by atoms with Crippen LogP contribution < -0.4 is 15.8 Å². The first-order chi connectivity index (χ1) is 11.3. The Morgan fingerprint density at radius 2 is 2.08 bits per heavy atom. The van der Waals surface area contributed by atoms with Crippen LogP contribution in [0.1, 0.15) is 28.9 Å². The molecule has 0 fully saturated rings. The van der Waals surface area contributed by atoms with Gasteiger partial charge in [0, 0.05) is 6.07 Å². The summed E-state index contributed by atoms with van der Waals surface area (Å²) in [4.78, 5) is 22.8. The minimum absolute atomic E-state index is 0.00517. The van der Waals surface area contributed by atoms with Crippen LogP contribution in [-0.2, 0) is 0 Å². The third-order valence-electron chi connectivity index (χ3n) is 3.52. The van der Waals surface area contributed by atoms with Crippen molar-refractivity contribution in [3.63, 3.8) is 0 Å². The highest BCUT2D eigenvalue weighted by atomic mass is 19.1. The number of nitrogens with zero attached hydrogens (tertiary/aromatic N) is 1. The molecule has 8 heteroatoms. The van der Waals surface area contributed by atoms with E-state index < -0.39 is 22.7 Å². The Kier molecular flexibility index (Phi) is 4.98. The van der Waals surface area contributed by atoms with E-state index in [0.29, 0.717) is 5.56 Å². The lowest BCUT2D eigenvalue weighted by Crippen LogP contribution is -2.28. The number of carbonyl (C=O) groups excluding carboxylic acids is 1. The fourth-order valence-electron chi connectivity index (χ4n) is 2.25. The van der Waals surface area contributed by atoms with E-state index >= 15 is 0 Å². The molecule has 24 heavy (non-hydrogen) atoms. The van der Waals surface area contributed by atoms with Gasteiger partial charge >= 0.3 is 0 Å². The van der Waals surface area contributed by atoms with Crippen LogP contribution in [0.25, 0.3) is 0 Å². The zero-order valence-corrected chi connectivity index (χ0v) is 13.1. The second-order valence-corrected chi connectivity index (χ2v) is 5.09. The van der Waals surface area contributed by atoms with Crippen molar-refractivity contribution in [2.75, 3.05) is 12.8 Å². The quantitative estimate of drug-likeness (QED) is 0.497. The third-order valence-corrected chi connectivity index (χ3v) is 3.52. The molecule has 0 saturated heterocycles. The van der Waals surface area contributed by atoms with Crippen molar-refractivity contribution in [2.24, 2.45) is 0 Å². The van der Waals surface area contributed by atoms with Gasteiger partial charge in [-0.1, -0.05) is 12.1 Å². The molecule has 2 aromatic carbocycles. The van der Waals surface area contributed by atoms with Gasteiger partial charge in [-0.3, -0.25) is 14.9 Å². The molecule has 2 aromatic rings. The molecule has 0 aliphatic carbocycles. The molecule has 3 N–H and O–H groups in total. The molecule has 2 rings (SSSR count). The molecule has 1 amide bonds. The number of nitrogens with two attached hydrogens (primary N) is 1. The number of anilines is 1. The number of nitro groups is 1. The molecule has 7 nitrogen and oxygen atoms in total. The average molecular weight is 333 g/mol. The van der Waals surface area contributed by atoms with Crippen LogP contribution in [0, 0.1) is 15.9 Å². The summed E-state index contributed by atoms with van der Waals surface area (Å²) in [5, 5.41) is 13.7. The van der Waals surface area contributed by atoms with Gasteiger partial charge in [0.1, 0.15) is 5.56 Å². The van der Waals surface area contributed by atoms with Crippen LogP contribution in [-0.4, -0.2) is 17.9 Å². The van der Waals surface area contributed by atoms with Crippen molar-refractivity contribution in [3.8, 4) is 5.75 Å². The van der Waals surface area contributed by atoms with Gasteiger partial charge in [0.2, 0.25) is 0 Å². The molecular weight excluding hydrogens is 317 g/mol. The minimum Gasteiger partial charge on any atom is -0.494 e. The number of nitrogen functional groups attached to an aromatic ring is 1. The average Bonchev–Trinajstić information content (AvgIpc) is 2.54. The summed E-state index contributed by atoms with van der Waals surface area (Å²) in [7, 11) is 1.33. The third kappa shape index (κ3) is 3.43. The topological polar surface area (TPSA) is 107 Å². The number of rotatable bonds is 5. The van der Waals surface area contributed by atoms with Crippen molar-refractivity contribution in [1.82, 2.24) is 5.32 Å². The zero-order valence-electron chi connectivity index (χ0n) is 13.1. The van der Waals surface area contributed by atoms with E-state index in [1.807, 2.05) is 0 Å². The number of nitrogens with one attached hydrogen (secondary N) is 1. The molecule has 0 unspecified atom stereocenters. The number of benzene rings is 2.